The predicted molar refractivity (Wildman–Crippen MR) is 72.0 cm³/mol. The van der Waals surface area contributed by atoms with Gasteiger partial charge in [-0.25, -0.2) is 8.42 Å². The number of carbonyl (C=O) groups is 1. The molecule has 0 aliphatic heterocycles. The SMILES string of the molecule is O=C(O)CN(C1CC1)S(=O)(=O)c1cccc2nsnc12. The quantitative estimate of drug-likeness (QED) is 0.881. The maximum Gasteiger partial charge on any atom is 0.318 e. The van der Waals surface area contributed by atoms with Crippen LogP contribution in [0.3, 0.4) is 0 Å². The largest absolute Gasteiger partial charge is 0.480 e. The summed E-state index contributed by atoms with van der Waals surface area (Å²) in [7, 11) is -3.87. The lowest BCUT2D eigenvalue weighted by Crippen LogP contribution is -2.37. The molecule has 0 bridgehead atoms. The molecule has 9 heteroatoms. The van der Waals surface area contributed by atoms with E-state index in [1.165, 1.54) is 6.07 Å². The van der Waals surface area contributed by atoms with Crippen LogP contribution in [0.4, 0.5) is 0 Å². The fraction of sp³-hybridized carbons (Fsp3) is 0.364. The third-order valence-corrected chi connectivity index (χ3v) is 5.55. The summed E-state index contributed by atoms with van der Waals surface area (Å²) in [4.78, 5) is 10.9. The van der Waals surface area contributed by atoms with Crippen LogP contribution in [0.15, 0.2) is 23.1 Å². The first-order chi connectivity index (χ1) is 9.50. The minimum absolute atomic E-state index is 0.0249. The highest BCUT2D eigenvalue weighted by Crippen LogP contribution is 2.33. The summed E-state index contributed by atoms with van der Waals surface area (Å²) < 4.78 is 34.4. The van der Waals surface area contributed by atoms with Gasteiger partial charge in [-0.05, 0) is 25.0 Å². The Labute approximate surface area is 119 Å². The van der Waals surface area contributed by atoms with E-state index in [0.717, 1.165) is 16.0 Å². The van der Waals surface area contributed by atoms with Gasteiger partial charge in [-0.1, -0.05) is 6.07 Å². The molecule has 1 N–H and O–H groups in total. The minimum Gasteiger partial charge on any atom is -0.480 e. The van der Waals surface area contributed by atoms with Crippen LogP contribution in [-0.4, -0.2) is 45.1 Å². The van der Waals surface area contributed by atoms with E-state index in [1.807, 2.05) is 0 Å². The second kappa shape index (κ2) is 4.76. The van der Waals surface area contributed by atoms with E-state index in [4.69, 9.17) is 5.11 Å². The van der Waals surface area contributed by atoms with Crippen molar-refractivity contribution in [3.63, 3.8) is 0 Å². The second-order valence-corrected chi connectivity index (χ2v) is 6.95. The summed E-state index contributed by atoms with van der Waals surface area (Å²) >= 11 is 0.934. The highest BCUT2D eigenvalue weighted by Gasteiger charge is 2.40. The summed E-state index contributed by atoms with van der Waals surface area (Å²) in [6.45, 7) is -0.527. The molecule has 1 aromatic heterocycles. The van der Waals surface area contributed by atoms with Crippen molar-refractivity contribution in [2.75, 3.05) is 6.54 Å². The van der Waals surface area contributed by atoms with Crippen molar-refractivity contribution in [2.45, 2.75) is 23.8 Å². The number of fused-ring (bicyclic) bond motifs is 1. The van der Waals surface area contributed by atoms with Gasteiger partial charge in [0.05, 0.1) is 11.7 Å². The fourth-order valence-electron chi connectivity index (χ4n) is 2.02. The van der Waals surface area contributed by atoms with Crippen molar-refractivity contribution in [1.29, 1.82) is 0 Å². The van der Waals surface area contributed by atoms with E-state index in [2.05, 4.69) is 8.75 Å². The van der Waals surface area contributed by atoms with Gasteiger partial charge in [-0.3, -0.25) is 4.79 Å². The molecular formula is C11H11N3O4S2. The van der Waals surface area contributed by atoms with Crippen molar-refractivity contribution in [1.82, 2.24) is 13.1 Å². The molecule has 20 heavy (non-hydrogen) atoms. The molecule has 1 saturated carbocycles. The zero-order chi connectivity index (χ0) is 14.3. The molecule has 3 rings (SSSR count). The van der Waals surface area contributed by atoms with Crippen molar-refractivity contribution in [3.8, 4) is 0 Å². The summed E-state index contributed by atoms with van der Waals surface area (Å²) in [6, 6.07) is 4.48. The lowest BCUT2D eigenvalue weighted by atomic mass is 10.3. The Morgan fingerprint density at radius 2 is 2.15 bits per heavy atom. The van der Waals surface area contributed by atoms with Crippen molar-refractivity contribution in [3.05, 3.63) is 18.2 Å². The van der Waals surface area contributed by atoms with E-state index in [0.29, 0.717) is 23.9 Å². The van der Waals surface area contributed by atoms with Gasteiger partial charge in [-0.15, -0.1) is 0 Å². The molecule has 0 spiro atoms. The average molecular weight is 313 g/mol. The first-order valence-corrected chi connectivity index (χ1v) is 8.12. The molecule has 7 nitrogen and oxygen atoms in total. The Hall–Kier alpha value is -1.58. The second-order valence-electron chi connectivity index (χ2n) is 4.56. The maximum atomic E-state index is 12.7. The van der Waals surface area contributed by atoms with Gasteiger partial charge < -0.3 is 5.11 Å². The predicted octanol–water partition coefficient (Wildman–Crippen LogP) is 0.929. The van der Waals surface area contributed by atoms with E-state index < -0.39 is 22.5 Å². The topological polar surface area (TPSA) is 100 Å². The maximum absolute atomic E-state index is 12.7. The molecule has 0 radical (unpaired) electrons. The monoisotopic (exact) mass is 313 g/mol. The van der Waals surface area contributed by atoms with Crippen LogP contribution >= 0.6 is 11.7 Å². The highest BCUT2D eigenvalue weighted by atomic mass is 32.2. The van der Waals surface area contributed by atoms with Crippen LogP contribution in [0.5, 0.6) is 0 Å². The first-order valence-electron chi connectivity index (χ1n) is 5.95. The Balaban J connectivity index is 2.10. The van der Waals surface area contributed by atoms with E-state index in [1.54, 1.807) is 12.1 Å². The first kappa shape index (κ1) is 13.4. The highest BCUT2D eigenvalue weighted by molar-refractivity contribution is 7.89. The van der Waals surface area contributed by atoms with Gasteiger partial charge in [0.2, 0.25) is 10.0 Å². The number of rotatable bonds is 5. The number of aromatic nitrogens is 2. The van der Waals surface area contributed by atoms with Gasteiger partial charge >= 0.3 is 5.97 Å². The molecule has 1 heterocycles. The Morgan fingerprint density at radius 1 is 1.40 bits per heavy atom. The van der Waals surface area contributed by atoms with Crippen LogP contribution in [0, 0.1) is 0 Å². The lowest BCUT2D eigenvalue weighted by Gasteiger charge is -2.19. The van der Waals surface area contributed by atoms with Crippen LogP contribution < -0.4 is 0 Å². The molecule has 1 fully saturated rings. The number of hydrogen-bond acceptors (Lipinski definition) is 6. The smallest absolute Gasteiger partial charge is 0.318 e. The summed E-state index contributed by atoms with van der Waals surface area (Å²) in [5.41, 5.74) is 0.802. The molecular weight excluding hydrogens is 302 g/mol. The third kappa shape index (κ3) is 2.28. The Bertz CT molecular complexity index is 767. The number of benzene rings is 1. The molecule has 0 atom stereocenters. The van der Waals surface area contributed by atoms with Crippen molar-refractivity contribution < 1.29 is 18.3 Å². The Morgan fingerprint density at radius 3 is 2.80 bits per heavy atom. The van der Waals surface area contributed by atoms with Crippen molar-refractivity contribution >= 4 is 38.8 Å². The number of nitrogens with zero attached hydrogens (tertiary/aromatic N) is 3. The number of aliphatic carboxylic acids is 1. The Kier molecular flexibility index (Phi) is 3.19. The number of hydrogen-bond donors (Lipinski definition) is 1. The molecule has 2 aromatic rings. The number of carboxylic acid groups (broad SMARTS) is 1. The van der Waals surface area contributed by atoms with E-state index in [-0.39, 0.29) is 10.9 Å². The minimum atomic E-state index is -3.87. The summed E-state index contributed by atoms with van der Waals surface area (Å²) in [5, 5.41) is 8.91. The van der Waals surface area contributed by atoms with Crippen LogP contribution in [-0.2, 0) is 14.8 Å². The van der Waals surface area contributed by atoms with E-state index >= 15 is 0 Å². The standard InChI is InChI=1S/C11H11N3O4S2/c15-10(16)6-14(7-4-5-7)20(17,18)9-3-1-2-8-11(9)13-19-12-8/h1-3,7H,4-6H2,(H,15,16). The fourth-order valence-corrected chi connectivity index (χ4v) is 4.41. The van der Waals surface area contributed by atoms with Crippen molar-refractivity contribution in [2.24, 2.45) is 0 Å². The van der Waals surface area contributed by atoms with Gasteiger partial charge in [0.1, 0.15) is 22.5 Å². The molecule has 1 aliphatic rings. The normalized spacial score (nSPS) is 15.8. The molecule has 1 aromatic carbocycles. The number of carboxylic acids is 1. The molecule has 106 valence electrons. The summed E-state index contributed by atoms with van der Waals surface area (Å²) in [6.07, 6.45) is 1.38. The zero-order valence-corrected chi connectivity index (χ0v) is 11.9. The summed E-state index contributed by atoms with van der Waals surface area (Å²) in [5.74, 6) is -1.16. The molecule has 0 amide bonds. The molecule has 0 saturated heterocycles. The average Bonchev–Trinajstić information content (AvgIpc) is 3.11. The third-order valence-electron chi connectivity index (χ3n) is 3.08. The van der Waals surface area contributed by atoms with Gasteiger partial charge in [0.25, 0.3) is 0 Å². The molecule has 0 unspecified atom stereocenters. The van der Waals surface area contributed by atoms with Gasteiger partial charge in [0, 0.05) is 6.04 Å². The van der Waals surface area contributed by atoms with Crippen LogP contribution in [0.25, 0.3) is 11.0 Å². The van der Waals surface area contributed by atoms with Crippen LogP contribution in [0.1, 0.15) is 12.8 Å². The number of sulfonamides is 1. The van der Waals surface area contributed by atoms with Gasteiger partial charge in [0.15, 0.2) is 0 Å². The zero-order valence-electron chi connectivity index (χ0n) is 10.3. The van der Waals surface area contributed by atoms with Crippen LogP contribution in [0.2, 0.25) is 0 Å². The lowest BCUT2D eigenvalue weighted by molar-refractivity contribution is -0.137. The molecule has 1 aliphatic carbocycles. The van der Waals surface area contributed by atoms with E-state index in [9.17, 15) is 13.2 Å². The van der Waals surface area contributed by atoms with Gasteiger partial charge in [-0.2, -0.15) is 13.1 Å².